The maximum absolute atomic E-state index is 13.4. The Kier molecular flexibility index (Phi) is 11.4. The lowest BCUT2D eigenvalue weighted by Gasteiger charge is -2.55. The minimum Gasteiger partial charge on any atom is -0.465 e. The Morgan fingerprint density at radius 3 is 1.89 bits per heavy atom. The smallest absolute Gasteiger partial charge is 0.309 e. The Morgan fingerprint density at radius 2 is 1.23 bits per heavy atom. The van der Waals surface area contributed by atoms with Crippen LogP contribution in [0.3, 0.4) is 0 Å². The summed E-state index contributed by atoms with van der Waals surface area (Å²) in [4.78, 5) is 38.3. The van der Waals surface area contributed by atoms with Crippen LogP contribution in [0.1, 0.15) is 117 Å². The molecule has 0 saturated heterocycles. The molecule has 7 atom stereocenters. The molecule has 3 fully saturated rings. The van der Waals surface area contributed by atoms with Crippen molar-refractivity contribution in [3.63, 3.8) is 0 Å². The zero-order chi connectivity index (χ0) is 25.2. The molecule has 0 spiro atoms. The van der Waals surface area contributed by atoms with E-state index in [0.717, 1.165) is 57.8 Å². The van der Waals surface area contributed by atoms with E-state index in [1.54, 1.807) is 0 Å². The number of rotatable bonds is 12. The Balaban J connectivity index is 1.77. The van der Waals surface area contributed by atoms with Gasteiger partial charge in [0.25, 0.3) is 0 Å². The zero-order valence-corrected chi connectivity index (χ0v) is 22.3. The number of ether oxygens (including phenoxy) is 3. The minimum absolute atomic E-state index is 0.0415. The summed E-state index contributed by atoms with van der Waals surface area (Å²) in [5.41, 5.74) is 0. The predicted octanol–water partition coefficient (Wildman–Crippen LogP) is 6.39. The summed E-state index contributed by atoms with van der Waals surface area (Å²) >= 11 is 0. The van der Waals surface area contributed by atoms with Crippen molar-refractivity contribution >= 4 is 17.9 Å². The van der Waals surface area contributed by atoms with Crippen LogP contribution >= 0.6 is 0 Å². The summed E-state index contributed by atoms with van der Waals surface area (Å²) in [5, 5.41) is 0. The van der Waals surface area contributed by atoms with Gasteiger partial charge in [-0.2, -0.15) is 0 Å². The van der Waals surface area contributed by atoms with Crippen molar-refractivity contribution in [2.75, 3.05) is 6.61 Å². The topological polar surface area (TPSA) is 78.9 Å². The molecule has 3 rings (SSSR count). The fourth-order valence-corrected chi connectivity index (χ4v) is 6.97. The van der Waals surface area contributed by atoms with Crippen LogP contribution in [0.4, 0.5) is 0 Å². The first-order chi connectivity index (χ1) is 17.0. The monoisotopic (exact) mass is 492 g/mol. The number of carbonyl (C=O) groups is 3. The van der Waals surface area contributed by atoms with Gasteiger partial charge >= 0.3 is 17.9 Å². The quantitative estimate of drug-likeness (QED) is 0.178. The number of hydrogen-bond acceptors (Lipinski definition) is 6. The van der Waals surface area contributed by atoms with E-state index in [0.29, 0.717) is 19.4 Å². The molecule has 0 radical (unpaired) electrons. The van der Waals surface area contributed by atoms with Crippen LogP contribution in [0.15, 0.2) is 0 Å². The third-order valence-corrected chi connectivity index (χ3v) is 8.69. The molecule has 6 nitrogen and oxygen atoms in total. The van der Waals surface area contributed by atoms with Gasteiger partial charge in [-0.05, 0) is 32.1 Å². The molecule has 3 saturated carbocycles. The van der Waals surface area contributed by atoms with Crippen LogP contribution in [-0.4, -0.2) is 36.7 Å². The summed E-state index contributed by atoms with van der Waals surface area (Å²) in [6.45, 7) is 6.31. The SMILES string of the molecule is CCCCCCCCOC(=O)C1CCCC2C(OC(=O)CC)C3CCCCC3C(OC(=O)CC)C12. The van der Waals surface area contributed by atoms with Gasteiger partial charge in [-0.25, -0.2) is 0 Å². The number of hydrogen-bond donors (Lipinski definition) is 0. The number of fused-ring (bicyclic) bond motifs is 2. The number of carbonyl (C=O) groups excluding carboxylic acids is 3. The first kappa shape index (κ1) is 28.0. The molecule has 0 heterocycles. The van der Waals surface area contributed by atoms with E-state index in [1.807, 2.05) is 13.8 Å². The molecule has 35 heavy (non-hydrogen) atoms. The van der Waals surface area contributed by atoms with Crippen LogP contribution in [0.5, 0.6) is 0 Å². The predicted molar refractivity (Wildman–Crippen MR) is 134 cm³/mol. The molecule has 7 unspecified atom stereocenters. The molecule has 3 aliphatic carbocycles. The fraction of sp³-hybridized carbons (Fsp3) is 0.897. The molecule has 0 amide bonds. The fourth-order valence-electron chi connectivity index (χ4n) is 6.97. The van der Waals surface area contributed by atoms with Gasteiger partial charge in [0.1, 0.15) is 12.2 Å². The summed E-state index contributed by atoms with van der Waals surface area (Å²) in [5.74, 6) is -0.572. The van der Waals surface area contributed by atoms with Crippen molar-refractivity contribution in [1.82, 2.24) is 0 Å². The first-order valence-corrected chi connectivity index (χ1v) is 14.6. The van der Waals surface area contributed by atoms with Gasteiger partial charge in [0, 0.05) is 36.5 Å². The average molecular weight is 493 g/mol. The molecular weight excluding hydrogens is 444 g/mol. The molecule has 0 aromatic rings. The molecule has 0 aromatic carbocycles. The minimum atomic E-state index is -0.297. The molecule has 0 aromatic heterocycles. The van der Waals surface area contributed by atoms with Gasteiger partial charge in [-0.3, -0.25) is 14.4 Å². The third-order valence-electron chi connectivity index (χ3n) is 8.69. The maximum atomic E-state index is 13.4. The zero-order valence-electron chi connectivity index (χ0n) is 22.3. The highest BCUT2D eigenvalue weighted by Crippen LogP contribution is 2.54. The van der Waals surface area contributed by atoms with Crippen molar-refractivity contribution in [2.45, 2.75) is 129 Å². The highest BCUT2D eigenvalue weighted by atomic mass is 16.6. The summed E-state index contributed by atoms with van der Waals surface area (Å²) in [6.07, 6.45) is 13.8. The van der Waals surface area contributed by atoms with Crippen molar-refractivity contribution in [3.8, 4) is 0 Å². The van der Waals surface area contributed by atoms with E-state index >= 15 is 0 Å². The number of unbranched alkanes of at least 4 members (excludes halogenated alkanes) is 5. The molecule has 0 aliphatic heterocycles. The Labute approximate surface area is 212 Å². The van der Waals surface area contributed by atoms with Crippen LogP contribution in [0, 0.1) is 29.6 Å². The normalized spacial score (nSPS) is 32.1. The molecule has 0 bridgehead atoms. The molecule has 3 aliphatic rings. The lowest BCUT2D eigenvalue weighted by molar-refractivity contribution is -0.207. The van der Waals surface area contributed by atoms with E-state index in [9.17, 15) is 14.4 Å². The van der Waals surface area contributed by atoms with Crippen LogP contribution < -0.4 is 0 Å². The van der Waals surface area contributed by atoms with E-state index in [1.165, 1.54) is 25.7 Å². The van der Waals surface area contributed by atoms with Crippen molar-refractivity contribution in [1.29, 1.82) is 0 Å². The molecule has 0 N–H and O–H groups in total. The first-order valence-electron chi connectivity index (χ1n) is 14.6. The van der Waals surface area contributed by atoms with Gasteiger partial charge in [0.05, 0.1) is 12.5 Å². The van der Waals surface area contributed by atoms with Gasteiger partial charge in [0.15, 0.2) is 0 Å². The van der Waals surface area contributed by atoms with Gasteiger partial charge in [-0.1, -0.05) is 72.1 Å². The standard InChI is InChI=1S/C29H48O6/c1-4-7-8-9-10-13-19-33-29(32)23-18-14-17-22-26(23)28(35-25(31)6-3)21-16-12-11-15-20(21)27(22)34-24(30)5-2/h20-23,26-28H,4-19H2,1-3H3. The van der Waals surface area contributed by atoms with Crippen molar-refractivity contribution in [2.24, 2.45) is 29.6 Å². The van der Waals surface area contributed by atoms with Crippen LogP contribution in [0.25, 0.3) is 0 Å². The molecule has 200 valence electrons. The van der Waals surface area contributed by atoms with E-state index < -0.39 is 0 Å². The summed E-state index contributed by atoms with van der Waals surface area (Å²) in [6, 6.07) is 0. The largest absolute Gasteiger partial charge is 0.465 e. The Morgan fingerprint density at radius 1 is 0.657 bits per heavy atom. The van der Waals surface area contributed by atoms with Gasteiger partial charge in [0.2, 0.25) is 0 Å². The highest BCUT2D eigenvalue weighted by Gasteiger charge is 2.58. The Bertz CT molecular complexity index is 691. The van der Waals surface area contributed by atoms with Gasteiger partial charge in [-0.15, -0.1) is 0 Å². The second kappa shape index (κ2) is 14.2. The highest BCUT2D eigenvalue weighted by molar-refractivity contribution is 5.74. The average Bonchev–Trinajstić information content (AvgIpc) is 2.89. The Hall–Kier alpha value is -1.59. The second-order valence-corrected chi connectivity index (χ2v) is 10.9. The maximum Gasteiger partial charge on any atom is 0.309 e. The van der Waals surface area contributed by atoms with Crippen LogP contribution in [0.2, 0.25) is 0 Å². The second-order valence-electron chi connectivity index (χ2n) is 10.9. The van der Waals surface area contributed by atoms with E-state index in [-0.39, 0.29) is 59.7 Å². The van der Waals surface area contributed by atoms with E-state index in [4.69, 9.17) is 14.2 Å². The van der Waals surface area contributed by atoms with Gasteiger partial charge < -0.3 is 14.2 Å². The lowest BCUT2D eigenvalue weighted by atomic mass is 9.54. The summed E-state index contributed by atoms with van der Waals surface area (Å²) in [7, 11) is 0. The van der Waals surface area contributed by atoms with E-state index in [2.05, 4.69) is 6.92 Å². The number of esters is 3. The molecule has 6 heteroatoms. The summed E-state index contributed by atoms with van der Waals surface area (Å²) < 4.78 is 18.0. The van der Waals surface area contributed by atoms with Crippen molar-refractivity contribution in [3.05, 3.63) is 0 Å². The van der Waals surface area contributed by atoms with Crippen LogP contribution in [-0.2, 0) is 28.6 Å². The third kappa shape index (κ3) is 7.22. The van der Waals surface area contributed by atoms with Crippen molar-refractivity contribution < 1.29 is 28.6 Å². The lowest BCUT2D eigenvalue weighted by Crippen LogP contribution is -2.59. The molecular formula is C29H48O6.